The van der Waals surface area contributed by atoms with E-state index in [9.17, 15) is 22.8 Å². The number of halogens is 3. The highest BCUT2D eigenvalue weighted by molar-refractivity contribution is 5.92. The van der Waals surface area contributed by atoms with E-state index in [4.69, 9.17) is 0 Å². The third-order valence-electron chi connectivity index (χ3n) is 7.38. The van der Waals surface area contributed by atoms with Gasteiger partial charge in [-0.15, -0.1) is 0 Å². The molecule has 0 bridgehead atoms. The van der Waals surface area contributed by atoms with Gasteiger partial charge < -0.3 is 15.5 Å². The molecule has 0 radical (unpaired) electrons. The number of likely N-dealkylation sites (tertiary alicyclic amines) is 1. The molecular formula is C27H35F3N6O2. The van der Waals surface area contributed by atoms with Crippen LogP contribution in [0, 0.1) is 5.92 Å². The maximum absolute atomic E-state index is 13.3. The number of rotatable bonds is 9. The third kappa shape index (κ3) is 7.50. The fraction of sp³-hybridized carbons (Fsp3) is 0.556. The zero-order valence-electron chi connectivity index (χ0n) is 21.8. The molecule has 2 N–H and O–H groups in total. The number of alkyl halides is 3. The molecule has 3 heterocycles. The van der Waals surface area contributed by atoms with E-state index in [0.717, 1.165) is 25.5 Å². The number of nitrogens with zero attached hydrogens (tertiary/aromatic N) is 4. The summed E-state index contributed by atoms with van der Waals surface area (Å²) in [6.45, 7) is 5.77. The summed E-state index contributed by atoms with van der Waals surface area (Å²) in [5, 5.41) is 5.42. The van der Waals surface area contributed by atoms with Gasteiger partial charge in [-0.2, -0.15) is 13.2 Å². The number of hydrogen-bond donors (Lipinski definition) is 2. The number of nitrogens with one attached hydrogen (secondary N) is 2. The van der Waals surface area contributed by atoms with Gasteiger partial charge in [-0.3, -0.25) is 14.5 Å². The van der Waals surface area contributed by atoms with E-state index >= 15 is 0 Å². The van der Waals surface area contributed by atoms with Gasteiger partial charge in [0.25, 0.3) is 5.91 Å². The lowest BCUT2D eigenvalue weighted by molar-refractivity contribution is -0.153. The number of piperidine rings is 1. The Morgan fingerprint density at radius 1 is 1.11 bits per heavy atom. The summed E-state index contributed by atoms with van der Waals surface area (Å²) in [5.41, 5.74) is 3.26. The molecule has 0 saturated carbocycles. The zero-order valence-corrected chi connectivity index (χ0v) is 21.8. The van der Waals surface area contributed by atoms with Gasteiger partial charge in [0.1, 0.15) is 18.1 Å². The Labute approximate surface area is 221 Å². The van der Waals surface area contributed by atoms with Gasteiger partial charge >= 0.3 is 6.18 Å². The van der Waals surface area contributed by atoms with Crippen LogP contribution in [0.4, 0.5) is 13.2 Å². The zero-order chi connectivity index (χ0) is 27.3. The van der Waals surface area contributed by atoms with Crippen LogP contribution >= 0.6 is 0 Å². The lowest BCUT2D eigenvalue weighted by Gasteiger charge is -2.31. The predicted molar refractivity (Wildman–Crippen MR) is 136 cm³/mol. The van der Waals surface area contributed by atoms with Gasteiger partial charge in [-0.1, -0.05) is 24.3 Å². The van der Waals surface area contributed by atoms with Crippen LogP contribution in [0.3, 0.4) is 0 Å². The number of fused-ring (bicyclic) bond motifs is 1. The highest BCUT2D eigenvalue weighted by atomic mass is 19.4. The predicted octanol–water partition coefficient (Wildman–Crippen LogP) is 2.93. The molecule has 2 aliphatic rings. The number of hydrogen-bond acceptors (Lipinski definition) is 6. The summed E-state index contributed by atoms with van der Waals surface area (Å²) in [7, 11) is 0. The first kappa shape index (κ1) is 28.0. The molecular weight excluding hydrogens is 497 g/mol. The molecule has 2 amide bonds. The quantitative estimate of drug-likeness (QED) is 0.516. The Morgan fingerprint density at radius 3 is 2.37 bits per heavy atom. The van der Waals surface area contributed by atoms with Gasteiger partial charge in [0, 0.05) is 57.9 Å². The van der Waals surface area contributed by atoms with Gasteiger partial charge in [0.15, 0.2) is 0 Å². The molecule has 1 unspecified atom stereocenters. The Balaban J connectivity index is 1.34. The molecule has 11 heteroatoms. The molecule has 2 aromatic rings. The van der Waals surface area contributed by atoms with E-state index < -0.39 is 24.2 Å². The monoisotopic (exact) mass is 532 g/mol. The van der Waals surface area contributed by atoms with Gasteiger partial charge in [0.2, 0.25) is 5.91 Å². The third-order valence-corrected chi connectivity index (χ3v) is 7.38. The molecule has 4 rings (SSSR count). The van der Waals surface area contributed by atoms with E-state index in [2.05, 4.69) is 25.5 Å². The van der Waals surface area contributed by atoms with Crippen LogP contribution in [0.25, 0.3) is 0 Å². The van der Waals surface area contributed by atoms with E-state index in [1.54, 1.807) is 13.0 Å². The average Bonchev–Trinajstić information content (AvgIpc) is 3.29. The summed E-state index contributed by atoms with van der Waals surface area (Å²) in [4.78, 5) is 36.8. The van der Waals surface area contributed by atoms with Crippen molar-refractivity contribution < 1.29 is 22.8 Å². The SMILES string of the molecule is CC(=O)N1CCC(Cc2cc(C(=O)NC[C@@H](CN3Cc4ccccc4C3)NC(C)C(F)(F)F)ncn2)CC1. The van der Waals surface area contributed by atoms with Crippen LogP contribution in [0.5, 0.6) is 0 Å². The van der Waals surface area contributed by atoms with Crippen molar-refractivity contribution in [3.63, 3.8) is 0 Å². The fourth-order valence-electron chi connectivity index (χ4n) is 5.16. The summed E-state index contributed by atoms with van der Waals surface area (Å²) >= 11 is 0. The van der Waals surface area contributed by atoms with Crippen LogP contribution in [-0.2, 0) is 24.3 Å². The molecule has 206 valence electrons. The minimum atomic E-state index is -4.39. The smallest absolute Gasteiger partial charge is 0.349 e. The minimum Gasteiger partial charge on any atom is -0.349 e. The second kappa shape index (κ2) is 12.2. The molecule has 38 heavy (non-hydrogen) atoms. The van der Waals surface area contributed by atoms with Crippen molar-refractivity contribution in [2.24, 2.45) is 5.92 Å². The van der Waals surface area contributed by atoms with Crippen molar-refractivity contribution >= 4 is 11.8 Å². The average molecular weight is 533 g/mol. The second-order valence-electron chi connectivity index (χ2n) is 10.3. The van der Waals surface area contributed by atoms with Crippen molar-refractivity contribution in [1.29, 1.82) is 0 Å². The Kier molecular flexibility index (Phi) is 8.99. The molecule has 0 spiro atoms. The van der Waals surface area contributed by atoms with E-state index in [-0.39, 0.29) is 18.1 Å². The summed E-state index contributed by atoms with van der Waals surface area (Å²) in [6.07, 6.45) is -0.625. The fourth-order valence-corrected chi connectivity index (χ4v) is 5.16. The second-order valence-corrected chi connectivity index (χ2v) is 10.3. The van der Waals surface area contributed by atoms with E-state index in [1.807, 2.05) is 29.2 Å². The molecule has 2 aliphatic heterocycles. The molecule has 1 aromatic heterocycles. The first-order valence-electron chi connectivity index (χ1n) is 13.0. The van der Waals surface area contributed by atoms with E-state index in [0.29, 0.717) is 45.1 Å². The van der Waals surface area contributed by atoms with Crippen molar-refractivity contribution in [1.82, 2.24) is 30.4 Å². The Bertz CT molecular complexity index is 1090. The number of carbonyl (C=O) groups is 2. The number of amides is 2. The first-order valence-corrected chi connectivity index (χ1v) is 13.0. The summed E-state index contributed by atoms with van der Waals surface area (Å²) < 4.78 is 39.9. The standard InChI is InChI=1S/C27H35F3N6O2/c1-18(27(28,29)30)34-24(16-35-14-21-5-3-4-6-22(21)15-35)13-31-26(38)25-12-23(32-17-33-25)11-20-7-9-36(10-8-20)19(2)37/h3-6,12,17-18,20,24,34H,7-11,13-16H2,1-2H3,(H,31,38)/t18?,24-/m0/s1. The maximum atomic E-state index is 13.3. The number of carbonyl (C=O) groups excluding carboxylic acids is 2. The van der Waals surface area contributed by atoms with Crippen LogP contribution in [0.15, 0.2) is 36.7 Å². The van der Waals surface area contributed by atoms with Crippen LogP contribution in [0.1, 0.15) is 54.0 Å². The maximum Gasteiger partial charge on any atom is 0.403 e. The summed E-state index contributed by atoms with van der Waals surface area (Å²) in [5.74, 6) is -0.00853. The van der Waals surface area contributed by atoms with Crippen molar-refractivity contribution in [2.45, 2.75) is 64.5 Å². The lowest BCUT2D eigenvalue weighted by atomic mass is 9.92. The Morgan fingerprint density at radius 2 is 1.76 bits per heavy atom. The van der Waals surface area contributed by atoms with Gasteiger partial charge in [0.05, 0.1) is 0 Å². The number of aromatic nitrogens is 2. The van der Waals surface area contributed by atoms with Crippen molar-refractivity contribution in [2.75, 3.05) is 26.2 Å². The number of benzene rings is 1. The van der Waals surface area contributed by atoms with Crippen LogP contribution in [0.2, 0.25) is 0 Å². The molecule has 1 aromatic carbocycles. The highest BCUT2D eigenvalue weighted by Gasteiger charge is 2.37. The Hall–Kier alpha value is -3.05. The topological polar surface area (TPSA) is 90.5 Å². The molecule has 8 nitrogen and oxygen atoms in total. The molecule has 1 saturated heterocycles. The van der Waals surface area contributed by atoms with Crippen molar-refractivity contribution in [3.05, 3.63) is 59.2 Å². The molecule has 1 fully saturated rings. The van der Waals surface area contributed by atoms with Gasteiger partial charge in [-0.05, 0) is 49.3 Å². The molecule has 0 aliphatic carbocycles. The summed E-state index contributed by atoms with van der Waals surface area (Å²) in [6, 6.07) is 7.27. The largest absolute Gasteiger partial charge is 0.403 e. The van der Waals surface area contributed by atoms with Crippen LogP contribution < -0.4 is 10.6 Å². The first-order chi connectivity index (χ1) is 18.1. The van der Waals surface area contributed by atoms with E-state index in [1.165, 1.54) is 17.5 Å². The lowest BCUT2D eigenvalue weighted by Crippen LogP contribution is -2.53. The van der Waals surface area contributed by atoms with Gasteiger partial charge in [-0.25, -0.2) is 9.97 Å². The molecule has 2 atom stereocenters. The van der Waals surface area contributed by atoms with Crippen LogP contribution in [-0.4, -0.2) is 76.0 Å². The normalized spacial score (nSPS) is 18.2. The van der Waals surface area contributed by atoms with Crippen molar-refractivity contribution in [3.8, 4) is 0 Å². The highest BCUT2D eigenvalue weighted by Crippen LogP contribution is 2.24. The minimum absolute atomic E-state index is 0.0228.